The Hall–Kier alpha value is -1.26. The molecule has 1 saturated carbocycles. The van der Waals surface area contributed by atoms with Crippen LogP contribution in [0.25, 0.3) is 0 Å². The number of alkyl halides is 3. The lowest BCUT2D eigenvalue weighted by atomic mass is 9.79. The highest BCUT2D eigenvalue weighted by molar-refractivity contribution is 5.50. The number of halogens is 4. The van der Waals surface area contributed by atoms with Crippen molar-refractivity contribution in [2.45, 2.75) is 64.0 Å². The molecule has 1 unspecified atom stereocenters. The number of phenolic OH excluding ortho intramolecular Hbond substituents is 1. The van der Waals surface area contributed by atoms with Crippen molar-refractivity contribution in [2.24, 2.45) is 0 Å². The number of phenols is 1. The van der Waals surface area contributed by atoms with Crippen molar-refractivity contribution in [3.8, 4) is 5.75 Å². The molecule has 1 aromatic carbocycles. The summed E-state index contributed by atoms with van der Waals surface area (Å²) in [5.41, 5.74) is 0.0887. The van der Waals surface area contributed by atoms with E-state index >= 15 is 0 Å². The SMILES string of the molecule is CC(c1cc(C(C)(C)C)c(C2CC2)c(F)c1O)C(F)(F)F. The summed E-state index contributed by atoms with van der Waals surface area (Å²) in [6.45, 7) is 6.46. The van der Waals surface area contributed by atoms with Crippen molar-refractivity contribution in [1.82, 2.24) is 0 Å². The normalized spacial score (nSPS) is 17.9. The van der Waals surface area contributed by atoms with E-state index in [0.717, 1.165) is 19.8 Å². The Kier molecular flexibility index (Phi) is 3.75. The summed E-state index contributed by atoms with van der Waals surface area (Å²) in [6.07, 6.45) is -2.89. The molecule has 1 atom stereocenters. The first-order valence-corrected chi connectivity index (χ1v) is 7.07. The number of hydrogen-bond donors (Lipinski definition) is 1. The topological polar surface area (TPSA) is 20.2 Å². The molecule has 0 heterocycles. The van der Waals surface area contributed by atoms with Crippen molar-refractivity contribution in [3.05, 3.63) is 28.6 Å². The number of hydrogen-bond acceptors (Lipinski definition) is 1. The summed E-state index contributed by atoms with van der Waals surface area (Å²) >= 11 is 0. The molecule has 1 aromatic rings. The van der Waals surface area contributed by atoms with Gasteiger partial charge in [-0.1, -0.05) is 26.8 Å². The van der Waals surface area contributed by atoms with Gasteiger partial charge in [0.15, 0.2) is 11.6 Å². The van der Waals surface area contributed by atoms with E-state index in [1.165, 1.54) is 6.07 Å². The molecule has 1 aliphatic rings. The van der Waals surface area contributed by atoms with Gasteiger partial charge in [0, 0.05) is 5.56 Å². The summed E-state index contributed by atoms with van der Waals surface area (Å²) in [6, 6.07) is 1.34. The first-order chi connectivity index (χ1) is 9.44. The van der Waals surface area contributed by atoms with E-state index < -0.39 is 29.1 Å². The molecule has 2 rings (SSSR count). The Morgan fingerprint density at radius 1 is 1.19 bits per heavy atom. The van der Waals surface area contributed by atoms with Gasteiger partial charge in [-0.25, -0.2) is 4.39 Å². The lowest BCUT2D eigenvalue weighted by Gasteiger charge is -2.27. The van der Waals surface area contributed by atoms with Gasteiger partial charge in [-0.05, 0) is 42.2 Å². The van der Waals surface area contributed by atoms with Crippen LogP contribution < -0.4 is 0 Å². The lowest BCUT2D eigenvalue weighted by molar-refractivity contribution is -0.146. The van der Waals surface area contributed by atoms with Crippen LogP contribution in [-0.2, 0) is 5.41 Å². The van der Waals surface area contributed by atoms with Crippen LogP contribution in [0.4, 0.5) is 17.6 Å². The van der Waals surface area contributed by atoms with E-state index in [4.69, 9.17) is 0 Å². The molecule has 0 amide bonds. The van der Waals surface area contributed by atoms with Gasteiger partial charge in [0.2, 0.25) is 0 Å². The van der Waals surface area contributed by atoms with Crippen LogP contribution in [0.1, 0.15) is 69.1 Å². The molecular formula is C16H20F4O. The molecule has 21 heavy (non-hydrogen) atoms. The quantitative estimate of drug-likeness (QED) is 0.728. The van der Waals surface area contributed by atoms with Crippen LogP contribution in [0.15, 0.2) is 6.07 Å². The Labute approximate surface area is 122 Å². The van der Waals surface area contributed by atoms with Crippen molar-refractivity contribution in [2.75, 3.05) is 0 Å². The third-order valence-corrected chi connectivity index (χ3v) is 4.06. The number of rotatable bonds is 2. The molecule has 0 aromatic heterocycles. The minimum Gasteiger partial charge on any atom is -0.505 e. The predicted molar refractivity (Wildman–Crippen MR) is 73.2 cm³/mol. The predicted octanol–water partition coefficient (Wildman–Crippen LogP) is 5.37. The standard InChI is InChI=1S/C16H20F4O/c1-8(16(18,19)20)10-7-11(15(2,3)4)12(9-5-6-9)13(17)14(10)21/h7-9,21H,5-6H2,1-4H3. The summed E-state index contributed by atoms with van der Waals surface area (Å²) in [5, 5.41) is 9.90. The zero-order valence-electron chi connectivity index (χ0n) is 12.6. The van der Waals surface area contributed by atoms with E-state index in [9.17, 15) is 22.7 Å². The number of benzene rings is 1. The maximum atomic E-state index is 14.5. The maximum Gasteiger partial charge on any atom is 0.395 e. The third kappa shape index (κ3) is 3.01. The van der Waals surface area contributed by atoms with Gasteiger partial charge in [0.1, 0.15) is 0 Å². The fraction of sp³-hybridized carbons (Fsp3) is 0.625. The highest BCUT2D eigenvalue weighted by Crippen LogP contribution is 2.50. The van der Waals surface area contributed by atoms with Gasteiger partial charge in [0.25, 0.3) is 0 Å². The van der Waals surface area contributed by atoms with Crippen LogP contribution in [0.5, 0.6) is 5.75 Å². The van der Waals surface area contributed by atoms with Gasteiger partial charge in [-0.2, -0.15) is 13.2 Å². The van der Waals surface area contributed by atoms with Crippen molar-refractivity contribution < 1.29 is 22.7 Å². The van der Waals surface area contributed by atoms with Gasteiger partial charge >= 0.3 is 6.18 Å². The highest BCUT2D eigenvalue weighted by Gasteiger charge is 2.42. The van der Waals surface area contributed by atoms with E-state index in [1.54, 1.807) is 0 Å². The number of aromatic hydroxyl groups is 1. The summed E-state index contributed by atoms with van der Waals surface area (Å²) in [4.78, 5) is 0. The minimum absolute atomic E-state index is 0.0142. The second-order valence-electron chi connectivity index (χ2n) is 6.88. The molecule has 1 nitrogen and oxygen atoms in total. The lowest BCUT2D eigenvalue weighted by Crippen LogP contribution is -2.21. The molecule has 0 spiro atoms. The van der Waals surface area contributed by atoms with E-state index in [1.807, 2.05) is 20.8 Å². The minimum atomic E-state index is -4.51. The fourth-order valence-electron chi connectivity index (χ4n) is 2.57. The van der Waals surface area contributed by atoms with Gasteiger partial charge < -0.3 is 5.11 Å². The van der Waals surface area contributed by atoms with Crippen LogP contribution in [-0.4, -0.2) is 11.3 Å². The highest BCUT2D eigenvalue weighted by atomic mass is 19.4. The Morgan fingerprint density at radius 2 is 1.71 bits per heavy atom. The average molecular weight is 304 g/mol. The molecule has 0 saturated heterocycles. The average Bonchev–Trinajstić information content (AvgIpc) is 3.12. The van der Waals surface area contributed by atoms with Crippen LogP contribution >= 0.6 is 0 Å². The molecule has 1 N–H and O–H groups in total. The molecule has 0 bridgehead atoms. The van der Waals surface area contributed by atoms with Gasteiger partial charge in [-0.15, -0.1) is 0 Å². The van der Waals surface area contributed by atoms with E-state index in [-0.39, 0.29) is 11.5 Å². The largest absolute Gasteiger partial charge is 0.505 e. The zero-order chi connectivity index (χ0) is 16.2. The second kappa shape index (κ2) is 4.89. The van der Waals surface area contributed by atoms with Crippen molar-refractivity contribution in [1.29, 1.82) is 0 Å². The molecule has 1 fully saturated rings. The first-order valence-electron chi connectivity index (χ1n) is 7.07. The molecule has 0 aliphatic heterocycles. The Balaban J connectivity index is 2.67. The van der Waals surface area contributed by atoms with Crippen molar-refractivity contribution >= 4 is 0 Å². The fourth-order valence-corrected chi connectivity index (χ4v) is 2.57. The van der Waals surface area contributed by atoms with Crippen LogP contribution in [0.2, 0.25) is 0 Å². The maximum absolute atomic E-state index is 14.5. The second-order valence-corrected chi connectivity index (χ2v) is 6.88. The summed E-state index contributed by atoms with van der Waals surface area (Å²) < 4.78 is 53.2. The van der Waals surface area contributed by atoms with E-state index in [0.29, 0.717) is 11.1 Å². The molecule has 5 heteroatoms. The monoisotopic (exact) mass is 304 g/mol. The molecule has 0 radical (unpaired) electrons. The van der Waals surface area contributed by atoms with Gasteiger partial charge in [-0.3, -0.25) is 0 Å². The molecular weight excluding hydrogens is 284 g/mol. The van der Waals surface area contributed by atoms with E-state index in [2.05, 4.69) is 0 Å². The van der Waals surface area contributed by atoms with Crippen LogP contribution in [0, 0.1) is 5.82 Å². The summed E-state index contributed by atoms with van der Waals surface area (Å²) in [5.74, 6) is -3.62. The Bertz CT molecular complexity index is 551. The third-order valence-electron chi connectivity index (χ3n) is 4.06. The Morgan fingerprint density at radius 3 is 2.10 bits per heavy atom. The zero-order valence-corrected chi connectivity index (χ0v) is 12.6. The summed E-state index contributed by atoms with van der Waals surface area (Å²) in [7, 11) is 0. The van der Waals surface area contributed by atoms with Gasteiger partial charge in [0.05, 0.1) is 5.92 Å². The van der Waals surface area contributed by atoms with Crippen LogP contribution in [0.3, 0.4) is 0 Å². The van der Waals surface area contributed by atoms with Crippen molar-refractivity contribution in [3.63, 3.8) is 0 Å². The molecule has 1 aliphatic carbocycles. The molecule has 118 valence electrons. The smallest absolute Gasteiger partial charge is 0.395 e. The first kappa shape index (κ1) is 16.1.